The maximum absolute atomic E-state index is 13.9. The van der Waals surface area contributed by atoms with Crippen molar-refractivity contribution in [2.24, 2.45) is 0 Å². The Bertz CT molecular complexity index is 1460. The SMILES string of the molecule is COc1ccc(-c2cc(C(F)(F)F)c(C#N)c(SCC(=O)Nc3sc4c(c3C#N)CCC4)n2)cc1OC. The Morgan fingerprint density at radius 3 is 2.51 bits per heavy atom. The van der Waals surface area contributed by atoms with Crippen LogP contribution in [0.5, 0.6) is 11.5 Å². The van der Waals surface area contributed by atoms with E-state index in [1.807, 2.05) is 0 Å². The number of carbonyl (C=O) groups excluding carboxylic acids is 1. The summed E-state index contributed by atoms with van der Waals surface area (Å²) in [6, 6.07) is 9.06. The molecule has 1 aliphatic carbocycles. The van der Waals surface area contributed by atoms with Crippen molar-refractivity contribution in [3.05, 3.63) is 51.4 Å². The minimum absolute atomic E-state index is 0.0448. The normalized spacial score (nSPS) is 12.4. The molecule has 190 valence electrons. The summed E-state index contributed by atoms with van der Waals surface area (Å²) in [5.74, 6) is -0.137. The first-order chi connectivity index (χ1) is 17.7. The molecule has 0 unspecified atom stereocenters. The second kappa shape index (κ2) is 10.7. The second-order valence-electron chi connectivity index (χ2n) is 7.92. The summed E-state index contributed by atoms with van der Waals surface area (Å²) < 4.78 is 52.1. The number of rotatable bonds is 7. The molecule has 0 atom stereocenters. The molecule has 0 saturated heterocycles. The third-order valence-electron chi connectivity index (χ3n) is 5.71. The molecule has 0 aliphatic heterocycles. The number of thioether (sulfide) groups is 1. The molecule has 0 saturated carbocycles. The maximum atomic E-state index is 13.9. The number of hydrogen-bond donors (Lipinski definition) is 1. The average Bonchev–Trinajstić information content (AvgIpc) is 3.46. The van der Waals surface area contributed by atoms with Crippen LogP contribution in [-0.4, -0.2) is 30.9 Å². The topological polar surface area (TPSA) is 108 Å². The lowest BCUT2D eigenvalue weighted by Crippen LogP contribution is -2.15. The van der Waals surface area contributed by atoms with E-state index in [0.29, 0.717) is 27.6 Å². The number of methoxy groups -OCH3 is 2. The molecule has 0 spiro atoms. The molecule has 4 rings (SSSR count). The van der Waals surface area contributed by atoms with E-state index < -0.39 is 23.2 Å². The molecule has 1 aromatic carbocycles. The Balaban J connectivity index is 1.65. The van der Waals surface area contributed by atoms with E-state index in [2.05, 4.69) is 16.4 Å². The lowest BCUT2D eigenvalue weighted by molar-refractivity contribution is -0.138. The van der Waals surface area contributed by atoms with Gasteiger partial charge < -0.3 is 14.8 Å². The van der Waals surface area contributed by atoms with E-state index in [-0.39, 0.29) is 16.5 Å². The van der Waals surface area contributed by atoms with Crippen molar-refractivity contribution in [1.82, 2.24) is 4.98 Å². The first-order valence-electron chi connectivity index (χ1n) is 10.9. The second-order valence-corrected chi connectivity index (χ2v) is 9.99. The zero-order valence-electron chi connectivity index (χ0n) is 19.7. The number of anilines is 1. The average molecular weight is 545 g/mol. The van der Waals surface area contributed by atoms with Gasteiger partial charge in [0, 0.05) is 10.4 Å². The minimum Gasteiger partial charge on any atom is -0.493 e. The van der Waals surface area contributed by atoms with Crippen LogP contribution in [0.15, 0.2) is 29.3 Å². The van der Waals surface area contributed by atoms with Gasteiger partial charge in [0.25, 0.3) is 0 Å². The number of ether oxygens (including phenoxy) is 2. The van der Waals surface area contributed by atoms with Crippen LogP contribution in [0.25, 0.3) is 11.3 Å². The number of nitrogens with zero attached hydrogens (tertiary/aromatic N) is 3. The smallest absolute Gasteiger partial charge is 0.417 e. The van der Waals surface area contributed by atoms with Crippen LogP contribution in [0.1, 0.15) is 33.6 Å². The number of amides is 1. The van der Waals surface area contributed by atoms with Crippen molar-refractivity contribution in [2.45, 2.75) is 30.5 Å². The monoisotopic (exact) mass is 544 g/mol. The molecule has 12 heteroatoms. The van der Waals surface area contributed by atoms with E-state index in [9.17, 15) is 28.5 Å². The van der Waals surface area contributed by atoms with Gasteiger partial charge in [-0.25, -0.2) is 4.98 Å². The zero-order chi connectivity index (χ0) is 26.7. The number of halogens is 3. The summed E-state index contributed by atoms with van der Waals surface area (Å²) in [6.07, 6.45) is -2.24. The quantitative estimate of drug-likeness (QED) is 0.374. The molecule has 37 heavy (non-hydrogen) atoms. The molecule has 0 radical (unpaired) electrons. The summed E-state index contributed by atoms with van der Waals surface area (Å²) >= 11 is 2.06. The summed E-state index contributed by atoms with van der Waals surface area (Å²) in [6.45, 7) is 0. The Kier molecular flexibility index (Phi) is 7.62. The van der Waals surface area contributed by atoms with Gasteiger partial charge in [-0.15, -0.1) is 11.3 Å². The van der Waals surface area contributed by atoms with Crippen molar-refractivity contribution in [1.29, 1.82) is 10.5 Å². The van der Waals surface area contributed by atoms with E-state index in [0.717, 1.165) is 47.5 Å². The molecule has 1 aliphatic rings. The van der Waals surface area contributed by atoms with Gasteiger partial charge in [-0.3, -0.25) is 4.79 Å². The highest BCUT2D eigenvalue weighted by Gasteiger charge is 2.36. The molecule has 2 heterocycles. The van der Waals surface area contributed by atoms with Gasteiger partial charge in [-0.05, 0) is 49.1 Å². The van der Waals surface area contributed by atoms with Gasteiger partial charge in [0.15, 0.2) is 11.5 Å². The van der Waals surface area contributed by atoms with Crippen LogP contribution in [0.4, 0.5) is 18.2 Å². The highest BCUT2D eigenvalue weighted by molar-refractivity contribution is 8.00. The van der Waals surface area contributed by atoms with Crippen molar-refractivity contribution < 1.29 is 27.4 Å². The van der Waals surface area contributed by atoms with Crippen LogP contribution < -0.4 is 14.8 Å². The fraction of sp³-hybridized carbons (Fsp3) is 0.280. The number of nitriles is 2. The fourth-order valence-electron chi connectivity index (χ4n) is 4.01. The van der Waals surface area contributed by atoms with Crippen LogP contribution in [0, 0.1) is 22.7 Å². The van der Waals surface area contributed by atoms with Crippen molar-refractivity contribution in [2.75, 3.05) is 25.3 Å². The first-order valence-corrected chi connectivity index (χ1v) is 12.7. The number of fused-ring (bicyclic) bond motifs is 1. The Morgan fingerprint density at radius 2 is 1.86 bits per heavy atom. The number of aryl methyl sites for hydroxylation is 1. The molecule has 0 bridgehead atoms. The Morgan fingerprint density at radius 1 is 1.14 bits per heavy atom. The Hall–Kier alpha value is -3.74. The third-order valence-corrected chi connectivity index (χ3v) is 7.89. The van der Waals surface area contributed by atoms with E-state index >= 15 is 0 Å². The zero-order valence-corrected chi connectivity index (χ0v) is 21.3. The van der Waals surface area contributed by atoms with Crippen molar-refractivity contribution in [3.8, 4) is 34.9 Å². The number of hydrogen-bond acceptors (Lipinski definition) is 8. The number of pyridine rings is 1. The minimum atomic E-state index is -4.82. The number of benzene rings is 1. The van der Waals surface area contributed by atoms with Gasteiger partial charge in [0.1, 0.15) is 22.2 Å². The fourth-order valence-corrected chi connectivity index (χ4v) is 6.07. The van der Waals surface area contributed by atoms with Crippen molar-refractivity contribution in [3.63, 3.8) is 0 Å². The summed E-state index contributed by atoms with van der Waals surface area (Å²) in [7, 11) is 2.83. The first kappa shape index (κ1) is 26.3. The molecule has 1 amide bonds. The molecule has 2 aromatic heterocycles. The largest absolute Gasteiger partial charge is 0.493 e. The number of thiophene rings is 1. The van der Waals surface area contributed by atoms with Crippen molar-refractivity contribution >= 4 is 34.0 Å². The summed E-state index contributed by atoms with van der Waals surface area (Å²) in [5.41, 5.74) is -0.174. The lowest BCUT2D eigenvalue weighted by Gasteiger charge is -2.15. The van der Waals surface area contributed by atoms with Crippen LogP contribution >= 0.6 is 23.1 Å². The summed E-state index contributed by atoms with van der Waals surface area (Å²) in [5, 5.41) is 21.9. The molecule has 3 aromatic rings. The molecule has 0 fully saturated rings. The maximum Gasteiger partial charge on any atom is 0.417 e. The number of alkyl halides is 3. The predicted molar refractivity (Wildman–Crippen MR) is 133 cm³/mol. The van der Waals surface area contributed by atoms with Crippen LogP contribution in [-0.2, 0) is 23.8 Å². The van der Waals surface area contributed by atoms with E-state index in [1.54, 1.807) is 6.07 Å². The van der Waals surface area contributed by atoms with Gasteiger partial charge in [-0.2, -0.15) is 23.7 Å². The van der Waals surface area contributed by atoms with E-state index in [1.165, 1.54) is 43.8 Å². The highest BCUT2D eigenvalue weighted by atomic mass is 32.2. The lowest BCUT2D eigenvalue weighted by atomic mass is 10.0. The highest BCUT2D eigenvalue weighted by Crippen LogP contribution is 2.41. The number of carbonyl (C=O) groups is 1. The standard InChI is InChI=1S/C25H19F3N4O3S2/c1-34-19-7-6-13(8-20(19)35-2)18-9-17(25(26,27)28)16(11-30)23(31-18)36-12-22(33)32-24-15(10-29)14-4-3-5-21(14)37-24/h6-9H,3-5,12H2,1-2H3,(H,32,33). The van der Waals surface area contributed by atoms with E-state index in [4.69, 9.17) is 9.47 Å². The van der Waals surface area contributed by atoms with Crippen LogP contribution in [0.2, 0.25) is 0 Å². The molecule has 7 nitrogen and oxygen atoms in total. The predicted octanol–water partition coefficient (Wildman–Crippen LogP) is 5.81. The van der Waals surface area contributed by atoms with Gasteiger partial charge in [0.05, 0.1) is 42.4 Å². The van der Waals surface area contributed by atoms with Gasteiger partial charge >= 0.3 is 6.18 Å². The van der Waals surface area contributed by atoms with Crippen LogP contribution in [0.3, 0.4) is 0 Å². The molecular weight excluding hydrogens is 525 g/mol. The number of aromatic nitrogens is 1. The third kappa shape index (κ3) is 5.36. The van der Waals surface area contributed by atoms with Gasteiger partial charge in [0.2, 0.25) is 5.91 Å². The molecular formula is C25H19F3N4O3S2. The molecule has 1 N–H and O–H groups in total. The summed E-state index contributed by atoms with van der Waals surface area (Å²) in [4.78, 5) is 18.0. The Labute approximate surface area is 218 Å². The van der Waals surface area contributed by atoms with Gasteiger partial charge in [-0.1, -0.05) is 11.8 Å². The number of nitrogens with one attached hydrogen (secondary N) is 1.